The number of carbonyl (C=O) groups excluding carboxylic acids is 2. The molecule has 0 saturated carbocycles. The van der Waals surface area contributed by atoms with Crippen LogP contribution < -0.4 is 10.2 Å². The Kier molecular flexibility index (Phi) is 6.75. The van der Waals surface area contributed by atoms with Gasteiger partial charge in [-0.1, -0.05) is 6.07 Å². The summed E-state index contributed by atoms with van der Waals surface area (Å²) in [6, 6.07) is 5.90. The van der Waals surface area contributed by atoms with E-state index in [4.69, 9.17) is 4.74 Å². The summed E-state index contributed by atoms with van der Waals surface area (Å²) in [5.74, 6) is -0.277. The highest BCUT2D eigenvalue weighted by Gasteiger charge is 2.17. The number of nitrogens with zero attached hydrogens (tertiary/aromatic N) is 2. The van der Waals surface area contributed by atoms with Gasteiger partial charge in [0.2, 0.25) is 11.8 Å². The molecule has 0 radical (unpaired) electrons. The number of hydrogen-bond acceptors (Lipinski definition) is 4. The Morgan fingerprint density at radius 3 is 2.38 bits per heavy atom. The summed E-state index contributed by atoms with van der Waals surface area (Å²) >= 11 is 0. The molecule has 0 aromatic heterocycles. The maximum Gasteiger partial charge on any atom is 0.240 e. The van der Waals surface area contributed by atoms with E-state index in [9.17, 15) is 9.59 Å². The molecule has 24 heavy (non-hydrogen) atoms. The van der Waals surface area contributed by atoms with Crippen LogP contribution in [0.4, 0.5) is 5.69 Å². The van der Waals surface area contributed by atoms with Crippen molar-refractivity contribution >= 4 is 17.5 Å². The van der Waals surface area contributed by atoms with E-state index < -0.39 is 0 Å². The number of carbonyl (C=O) groups is 2. The fraction of sp³-hybridized carbons (Fsp3) is 0.556. The van der Waals surface area contributed by atoms with E-state index in [-0.39, 0.29) is 18.4 Å². The summed E-state index contributed by atoms with van der Waals surface area (Å²) in [5.41, 5.74) is 2.91. The van der Waals surface area contributed by atoms with Crippen LogP contribution in [-0.2, 0) is 14.3 Å². The van der Waals surface area contributed by atoms with Crippen LogP contribution in [0.3, 0.4) is 0 Å². The van der Waals surface area contributed by atoms with Crippen molar-refractivity contribution in [1.82, 2.24) is 10.2 Å². The number of amides is 2. The predicted molar refractivity (Wildman–Crippen MR) is 94.2 cm³/mol. The van der Waals surface area contributed by atoms with Gasteiger partial charge in [-0.15, -0.1) is 0 Å². The maximum atomic E-state index is 12.2. The Balaban J connectivity index is 1.87. The van der Waals surface area contributed by atoms with Crippen LogP contribution in [0.15, 0.2) is 18.2 Å². The van der Waals surface area contributed by atoms with Crippen LogP contribution in [0.5, 0.6) is 0 Å². The zero-order valence-electron chi connectivity index (χ0n) is 14.8. The van der Waals surface area contributed by atoms with Crippen molar-refractivity contribution in [2.75, 3.05) is 50.8 Å². The standard InChI is InChI=1S/C18H27N3O3/c1-14-10-15(2)12-17(11-14)21(16(3)22)13-18(23)19-4-5-20-6-8-24-9-7-20/h10-12H,4-9,13H2,1-3H3,(H,19,23). The second kappa shape index (κ2) is 8.80. The van der Waals surface area contributed by atoms with Gasteiger partial charge in [0.05, 0.1) is 13.2 Å². The van der Waals surface area contributed by atoms with E-state index in [2.05, 4.69) is 10.2 Å². The topological polar surface area (TPSA) is 61.9 Å². The van der Waals surface area contributed by atoms with Gasteiger partial charge in [0.1, 0.15) is 6.54 Å². The summed E-state index contributed by atoms with van der Waals surface area (Å²) in [6.07, 6.45) is 0. The van der Waals surface area contributed by atoms with Gasteiger partial charge >= 0.3 is 0 Å². The molecule has 1 aliphatic rings. The monoisotopic (exact) mass is 333 g/mol. The molecule has 6 heteroatoms. The highest BCUT2D eigenvalue weighted by atomic mass is 16.5. The van der Waals surface area contributed by atoms with Crippen LogP contribution in [0.1, 0.15) is 18.1 Å². The van der Waals surface area contributed by atoms with Crippen LogP contribution >= 0.6 is 0 Å². The molecular formula is C18H27N3O3. The Labute approximate surface area is 143 Å². The minimum Gasteiger partial charge on any atom is -0.379 e. The fourth-order valence-corrected chi connectivity index (χ4v) is 2.87. The lowest BCUT2D eigenvalue weighted by Gasteiger charge is -2.27. The van der Waals surface area contributed by atoms with E-state index in [0.29, 0.717) is 6.54 Å². The molecule has 1 fully saturated rings. The average molecular weight is 333 g/mol. The third-order valence-electron chi connectivity index (χ3n) is 4.05. The molecule has 6 nitrogen and oxygen atoms in total. The van der Waals surface area contributed by atoms with Gasteiger partial charge in [0, 0.05) is 38.8 Å². The molecule has 2 amide bonds. The molecule has 1 aromatic rings. The molecule has 1 aromatic carbocycles. The molecule has 1 saturated heterocycles. The van der Waals surface area contributed by atoms with Crippen molar-refractivity contribution in [3.8, 4) is 0 Å². The predicted octanol–water partition coefficient (Wildman–Crippen LogP) is 1.10. The molecule has 0 unspecified atom stereocenters. The van der Waals surface area contributed by atoms with Crippen molar-refractivity contribution in [1.29, 1.82) is 0 Å². The number of rotatable bonds is 6. The highest BCUT2D eigenvalue weighted by Crippen LogP contribution is 2.18. The van der Waals surface area contributed by atoms with Gasteiger partial charge in [0.25, 0.3) is 0 Å². The first-order valence-corrected chi connectivity index (χ1v) is 8.39. The van der Waals surface area contributed by atoms with Crippen LogP contribution in [0.25, 0.3) is 0 Å². The number of ether oxygens (including phenoxy) is 1. The quantitative estimate of drug-likeness (QED) is 0.847. The summed E-state index contributed by atoms with van der Waals surface area (Å²) in [4.78, 5) is 27.9. The Morgan fingerprint density at radius 2 is 1.79 bits per heavy atom. The number of anilines is 1. The van der Waals surface area contributed by atoms with Crippen molar-refractivity contribution in [2.24, 2.45) is 0 Å². The summed E-state index contributed by atoms with van der Waals surface area (Å²) in [6.45, 7) is 10.2. The first-order chi connectivity index (χ1) is 11.5. The minimum atomic E-state index is -0.141. The van der Waals surface area contributed by atoms with Gasteiger partial charge in [0.15, 0.2) is 0 Å². The van der Waals surface area contributed by atoms with Crippen molar-refractivity contribution in [3.05, 3.63) is 29.3 Å². The van der Waals surface area contributed by atoms with Crippen molar-refractivity contribution in [2.45, 2.75) is 20.8 Å². The Hall–Kier alpha value is -1.92. The van der Waals surface area contributed by atoms with Gasteiger partial charge in [-0.3, -0.25) is 14.5 Å². The summed E-state index contributed by atoms with van der Waals surface area (Å²) < 4.78 is 5.30. The Morgan fingerprint density at radius 1 is 1.17 bits per heavy atom. The van der Waals surface area contributed by atoms with E-state index in [1.165, 1.54) is 11.8 Å². The SMILES string of the molecule is CC(=O)N(CC(=O)NCCN1CCOCC1)c1cc(C)cc(C)c1. The molecule has 0 aliphatic carbocycles. The van der Waals surface area contributed by atoms with E-state index in [1.54, 1.807) is 0 Å². The van der Waals surface area contributed by atoms with Gasteiger partial charge in [-0.25, -0.2) is 0 Å². The summed E-state index contributed by atoms with van der Waals surface area (Å²) in [7, 11) is 0. The number of nitrogens with one attached hydrogen (secondary N) is 1. The van der Waals surface area contributed by atoms with Gasteiger partial charge in [-0.05, 0) is 37.1 Å². The van der Waals surface area contributed by atoms with Crippen LogP contribution in [-0.4, -0.2) is 62.7 Å². The molecule has 1 N–H and O–H groups in total. The lowest BCUT2D eigenvalue weighted by atomic mass is 10.1. The molecule has 0 atom stereocenters. The second-order valence-corrected chi connectivity index (χ2v) is 6.26. The van der Waals surface area contributed by atoms with Gasteiger partial charge < -0.3 is 15.0 Å². The largest absolute Gasteiger partial charge is 0.379 e. The minimum absolute atomic E-state index is 0.0430. The van der Waals surface area contributed by atoms with Crippen LogP contribution in [0, 0.1) is 13.8 Å². The highest BCUT2D eigenvalue weighted by molar-refractivity contribution is 5.97. The number of aryl methyl sites for hydroxylation is 2. The van der Waals surface area contributed by atoms with E-state index >= 15 is 0 Å². The van der Waals surface area contributed by atoms with E-state index in [0.717, 1.165) is 49.7 Å². The maximum absolute atomic E-state index is 12.2. The van der Waals surface area contributed by atoms with E-state index in [1.807, 2.05) is 32.0 Å². The van der Waals surface area contributed by atoms with Crippen LogP contribution in [0.2, 0.25) is 0 Å². The number of benzene rings is 1. The number of morpholine rings is 1. The third-order valence-corrected chi connectivity index (χ3v) is 4.05. The molecule has 0 spiro atoms. The zero-order valence-corrected chi connectivity index (χ0v) is 14.8. The molecule has 0 bridgehead atoms. The molecular weight excluding hydrogens is 306 g/mol. The lowest BCUT2D eigenvalue weighted by molar-refractivity contribution is -0.123. The molecule has 132 valence electrons. The number of hydrogen-bond donors (Lipinski definition) is 1. The first-order valence-electron chi connectivity index (χ1n) is 8.39. The normalized spacial score (nSPS) is 15.1. The molecule has 1 heterocycles. The second-order valence-electron chi connectivity index (χ2n) is 6.26. The molecule has 1 aliphatic heterocycles. The van der Waals surface area contributed by atoms with Crippen molar-refractivity contribution in [3.63, 3.8) is 0 Å². The smallest absolute Gasteiger partial charge is 0.240 e. The summed E-state index contributed by atoms with van der Waals surface area (Å²) in [5, 5.41) is 2.90. The third kappa shape index (κ3) is 5.62. The average Bonchev–Trinajstić information content (AvgIpc) is 2.52. The lowest BCUT2D eigenvalue weighted by Crippen LogP contribution is -2.44. The fourth-order valence-electron chi connectivity index (χ4n) is 2.87. The zero-order chi connectivity index (χ0) is 17.5. The van der Waals surface area contributed by atoms with Crippen molar-refractivity contribution < 1.29 is 14.3 Å². The Bertz CT molecular complexity index is 563. The van der Waals surface area contributed by atoms with Gasteiger partial charge in [-0.2, -0.15) is 0 Å². The molecule has 2 rings (SSSR count). The first kappa shape index (κ1) is 18.4.